The monoisotopic (exact) mass is 237 g/mol. The minimum atomic E-state index is -0.140. The molecule has 0 fully saturated rings. The van der Waals surface area contributed by atoms with E-state index in [-0.39, 0.29) is 5.82 Å². The Hall–Kier alpha value is -0.890. The lowest BCUT2D eigenvalue weighted by atomic mass is 9.91. The minimum Gasteiger partial charge on any atom is -0.316 e. The van der Waals surface area contributed by atoms with Gasteiger partial charge in [-0.15, -0.1) is 0 Å². The van der Waals surface area contributed by atoms with Crippen molar-refractivity contribution in [1.29, 1.82) is 0 Å². The molecular weight excluding hydrogens is 213 g/mol. The summed E-state index contributed by atoms with van der Waals surface area (Å²) in [5.74, 6) is 0.488. The number of hydrogen-bond acceptors (Lipinski definition) is 1. The first-order valence-electron chi connectivity index (χ1n) is 6.59. The van der Waals surface area contributed by atoms with Crippen LogP contribution in [0.2, 0.25) is 0 Å². The normalized spacial score (nSPS) is 14.6. The zero-order chi connectivity index (χ0) is 12.7. The van der Waals surface area contributed by atoms with Gasteiger partial charge in [0.1, 0.15) is 5.82 Å². The second-order valence-electron chi connectivity index (χ2n) is 4.85. The summed E-state index contributed by atoms with van der Waals surface area (Å²) in [4.78, 5) is 0. The van der Waals surface area contributed by atoms with Crippen molar-refractivity contribution in [2.24, 2.45) is 5.92 Å². The quantitative estimate of drug-likeness (QED) is 0.761. The van der Waals surface area contributed by atoms with E-state index in [1.807, 2.05) is 13.1 Å². The number of unbranched alkanes of at least 4 members (excludes halogenated alkanes) is 1. The van der Waals surface area contributed by atoms with Crippen LogP contribution in [0.4, 0.5) is 4.39 Å². The first kappa shape index (κ1) is 14.2. The Balaban J connectivity index is 2.56. The van der Waals surface area contributed by atoms with E-state index in [1.54, 1.807) is 12.1 Å². The summed E-state index contributed by atoms with van der Waals surface area (Å²) >= 11 is 0. The van der Waals surface area contributed by atoms with Crippen LogP contribution in [0.15, 0.2) is 24.3 Å². The first-order chi connectivity index (χ1) is 8.17. The fraction of sp³-hybridized carbons (Fsp3) is 0.600. The maximum atomic E-state index is 13.1. The van der Waals surface area contributed by atoms with Gasteiger partial charge in [-0.2, -0.15) is 0 Å². The van der Waals surface area contributed by atoms with Crippen LogP contribution >= 0.6 is 0 Å². The molecule has 0 aromatic heterocycles. The molecule has 0 saturated heterocycles. The van der Waals surface area contributed by atoms with Crippen molar-refractivity contribution in [3.05, 3.63) is 35.6 Å². The fourth-order valence-electron chi connectivity index (χ4n) is 2.23. The van der Waals surface area contributed by atoms with Crippen LogP contribution in [0.3, 0.4) is 0 Å². The molecule has 1 aromatic rings. The SMILES string of the molecule is CCCCC(C)C(Cc1cccc(F)c1)NC. The van der Waals surface area contributed by atoms with Gasteiger partial charge in [-0.3, -0.25) is 0 Å². The molecule has 0 aliphatic heterocycles. The zero-order valence-corrected chi connectivity index (χ0v) is 11.2. The topological polar surface area (TPSA) is 12.0 Å². The molecule has 0 amide bonds. The van der Waals surface area contributed by atoms with Gasteiger partial charge in [-0.05, 0) is 43.5 Å². The molecule has 1 N–H and O–H groups in total. The summed E-state index contributed by atoms with van der Waals surface area (Å²) in [5, 5.41) is 3.36. The molecule has 96 valence electrons. The molecule has 0 bridgehead atoms. The molecule has 2 atom stereocenters. The van der Waals surface area contributed by atoms with E-state index in [2.05, 4.69) is 19.2 Å². The van der Waals surface area contributed by atoms with Crippen molar-refractivity contribution in [3.8, 4) is 0 Å². The lowest BCUT2D eigenvalue weighted by Gasteiger charge is -2.23. The van der Waals surface area contributed by atoms with Crippen LogP contribution in [-0.2, 0) is 6.42 Å². The van der Waals surface area contributed by atoms with E-state index in [1.165, 1.54) is 25.3 Å². The van der Waals surface area contributed by atoms with E-state index in [4.69, 9.17) is 0 Å². The average molecular weight is 237 g/mol. The molecule has 0 aliphatic rings. The number of likely N-dealkylation sites (N-methyl/N-ethyl adjacent to an activating group) is 1. The van der Waals surface area contributed by atoms with Gasteiger partial charge in [0.2, 0.25) is 0 Å². The molecule has 0 spiro atoms. The molecule has 2 unspecified atom stereocenters. The van der Waals surface area contributed by atoms with Crippen molar-refractivity contribution < 1.29 is 4.39 Å². The van der Waals surface area contributed by atoms with E-state index in [0.29, 0.717) is 12.0 Å². The van der Waals surface area contributed by atoms with Crippen molar-refractivity contribution in [3.63, 3.8) is 0 Å². The third-order valence-corrected chi connectivity index (χ3v) is 3.42. The summed E-state index contributed by atoms with van der Waals surface area (Å²) in [6.45, 7) is 4.49. The molecule has 0 saturated carbocycles. The Bertz CT molecular complexity index is 324. The van der Waals surface area contributed by atoms with E-state index < -0.39 is 0 Å². The van der Waals surface area contributed by atoms with E-state index in [9.17, 15) is 4.39 Å². The molecule has 17 heavy (non-hydrogen) atoms. The summed E-state index contributed by atoms with van der Waals surface area (Å²) in [5.41, 5.74) is 1.08. The fourth-order valence-corrected chi connectivity index (χ4v) is 2.23. The van der Waals surface area contributed by atoms with Gasteiger partial charge in [-0.1, -0.05) is 38.8 Å². The van der Waals surface area contributed by atoms with Gasteiger partial charge in [0, 0.05) is 6.04 Å². The van der Waals surface area contributed by atoms with Gasteiger partial charge in [-0.25, -0.2) is 4.39 Å². The molecule has 0 radical (unpaired) electrons. The lowest BCUT2D eigenvalue weighted by molar-refractivity contribution is 0.365. The molecule has 0 heterocycles. The van der Waals surface area contributed by atoms with Crippen LogP contribution in [0.5, 0.6) is 0 Å². The Kier molecular flexibility index (Phi) is 6.20. The van der Waals surface area contributed by atoms with Gasteiger partial charge in [0.25, 0.3) is 0 Å². The molecular formula is C15H24FN. The summed E-state index contributed by atoms with van der Waals surface area (Å²) < 4.78 is 13.1. The van der Waals surface area contributed by atoms with Gasteiger partial charge >= 0.3 is 0 Å². The van der Waals surface area contributed by atoms with Gasteiger partial charge < -0.3 is 5.32 Å². The van der Waals surface area contributed by atoms with Crippen LogP contribution < -0.4 is 5.32 Å². The number of rotatable bonds is 7. The van der Waals surface area contributed by atoms with Crippen molar-refractivity contribution >= 4 is 0 Å². The average Bonchev–Trinajstić information content (AvgIpc) is 2.33. The Morgan fingerprint density at radius 1 is 1.35 bits per heavy atom. The lowest BCUT2D eigenvalue weighted by Crippen LogP contribution is -2.34. The highest BCUT2D eigenvalue weighted by atomic mass is 19.1. The molecule has 0 aliphatic carbocycles. The number of halogens is 1. The maximum Gasteiger partial charge on any atom is 0.123 e. The summed E-state index contributed by atoms with van der Waals surface area (Å²) in [7, 11) is 1.99. The number of benzene rings is 1. The van der Waals surface area contributed by atoms with E-state index in [0.717, 1.165) is 12.0 Å². The van der Waals surface area contributed by atoms with Crippen molar-refractivity contribution in [2.45, 2.75) is 45.6 Å². The smallest absolute Gasteiger partial charge is 0.123 e. The zero-order valence-electron chi connectivity index (χ0n) is 11.2. The molecule has 1 nitrogen and oxygen atoms in total. The van der Waals surface area contributed by atoms with Crippen LogP contribution in [-0.4, -0.2) is 13.1 Å². The summed E-state index contributed by atoms with van der Waals surface area (Å²) in [6.07, 6.45) is 4.64. The van der Waals surface area contributed by atoms with Crippen LogP contribution in [0.25, 0.3) is 0 Å². The molecule has 2 heteroatoms. The predicted octanol–water partition coefficient (Wildman–Crippen LogP) is 3.78. The Morgan fingerprint density at radius 3 is 2.71 bits per heavy atom. The van der Waals surface area contributed by atoms with Gasteiger partial charge in [0.05, 0.1) is 0 Å². The van der Waals surface area contributed by atoms with Crippen molar-refractivity contribution in [1.82, 2.24) is 5.32 Å². The van der Waals surface area contributed by atoms with E-state index >= 15 is 0 Å². The van der Waals surface area contributed by atoms with Crippen molar-refractivity contribution in [2.75, 3.05) is 7.05 Å². The van der Waals surface area contributed by atoms with Crippen LogP contribution in [0.1, 0.15) is 38.7 Å². The highest BCUT2D eigenvalue weighted by Gasteiger charge is 2.15. The second-order valence-corrected chi connectivity index (χ2v) is 4.85. The molecule has 1 aromatic carbocycles. The highest BCUT2D eigenvalue weighted by molar-refractivity contribution is 5.17. The first-order valence-corrected chi connectivity index (χ1v) is 6.59. The third kappa shape index (κ3) is 4.86. The van der Waals surface area contributed by atoms with Crippen LogP contribution in [0, 0.1) is 11.7 Å². The largest absolute Gasteiger partial charge is 0.316 e. The Labute approximate surface area is 104 Å². The second kappa shape index (κ2) is 7.44. The standard InChI is InChI=1S/C15H24FN/c1-4-5-7-12(2)15(17-3)11-13-8-6-9-14(16)10-13/h6,8-10,12,15,17H,4-5,7,11H2,1-3H3. The summed E-state index contributed by atoms with van der Waals surface area (Å²) in [6, 6.07) is 7.35. The highest BCUT2D eigenvalue weighted by Crippen LogP contribution is 2.16. The van der Waals surface area contributed by atoms with Gasteiger partial charge in [0.15, 0.2) is 0 Å². The predicted molar refractivity (Wildman–Crippen MR) is 71.6 cm³/mol. The Morgan fingerprint density at radius 2 is 2.12 bits per heavy atom. The third-order valence-electron chi connectivity index (χ3n) is 3.42. The number of nitrogens with one attached hydrogen (secondary N) is 1. The number of hydrogen-bond donors (Lipinski definition) is 1. The minimum absolute atomic E-state index is 0.140. The maximum absolute atomic E-state index is 13.1. The molecule has 1 rings (SSSR count).